The van der Waals surface area contributed by atoms with Gasteiger partial charge in [0.15, 0.2) is 0 Å². The molecule has 1 heterocycles. The third kappa shape index (κ3) is 2.49. The minimum Gasteiger partial charge on any atom is -0.480 e. The van der Waals surface area contributed by atoms with Crippen LogP contribution in [0.3, 0.4) is 0 Å². The van der Waals surface area contributed by atoms with E-state index in [1.54, 1.807) is 0 Å². The molecule has 0 radical (unpaired) electrons. The molecule has 1 aliphatic rings. The molecule has 1 aliphatic heterocycles. The largest absolute Gasteiger partial charge is 0.480 e. The van der Waals surface area contributed by atoms with E-state index >= 15 is 0 Å². The summed E-state index contributed by atoms with van der Waals surface area (Å²) in [5, 5.41) is 9.21. The first-order valence-electron chi connectivity index (χ1n) is 5.60. The van der Waals surface area contributed by atoms with Crippen molar-refractivity contribution < 1.29 is 23.4 Å². The van der Waals surface area contributed by atoms with Gasteiger partial charge in [0.25, 0.3) is 0 Å². The fourth-order valence-corrected chi connectivity index (χ4v) is 2.07. The van der Waals surface area contributed by atoms with Gasteiger partial charge in [0.1, 0.15) is 17.7 Å². The minimum absolute atomic E-state index is 0.338. The van der Waals surface area contributed by atoms with Crippen molar-refractivity contribution in [3.63, 3.8) is 0 Å². The number of carboxylic acid groups (broad SMARTS) is 1. The maximum absolute atomic E-state index is 13.7. The number of ether oxygens (including phenoxy) is 1. The molecule has 0 saturated carbocycles. The molecule has 1 fully saturated rings. The van der Waals surface area contributed by atoms with E-state index in [9.17, 15) is 18.7 Å². The molecule has 18 heavy (non-hydrogen) atoms. The topological polar surface area (TPSA) is 49.8 Å². The van der Waals surface area contributed by atoms with Gasteiger partial charge in [-0.25, -0.2) is 8.78 Å². The zero-order valence-electron chi connectivity index (χ0n) is 9.60. The third-order valence-corrected chi connectivity index (χ3v) is 2.92. The van der Waals surface area contributed by atoms with Crippen molar-refractivity contribution in [3.05, 3.63) is 35.4 Å². The van der Waals surface area contributed by atoms with E-state index in [1.807, 2.05) is 0 Å². The number of rotatable bonds is 3. The lowest BCUT2D eigenvalue weighted by molar-refractivity contribution is -0.145. The summed E-state index contributed by atoms with van der Waals surface area (Å²) in [6, 6.07) is 2.03. The van der Waals surface area contributed by atoms with E-state index in [4.69, 9.17) is 4.74 Å². The van der Waals surface area contributed by atoms with E-state index in [2.05, 4.69) is 0 Å². The second-order valence-electron chi connectivity index (χ2n) is 4.02. The van der Waals surface area contributed by atoms with Gasteiger partial charge in [0.2, 0.25) is 0 Å². The zero-order chi connectivity index (χ0) is 13.1. The van der Waals surface area contributed by atoms with E-state index < -0.39 is 29.2 Å². The molecule has 0 aromatic heterocycles. The number of morpholine rings is 1. The van der Waals surface area contributed by atoms with Gasteiger partial charge in [-0.1, -0.05) is 6.07 Å². The van der Waals surface area contributed by atoms with Crippen LogP contribution in [0.4, 0.5) is 8.78 Å². The van der Waals surface area contributed by atoms with Crippen molar-refractivity contribution in [2.45, 2.75) is 6.04 Å². The summed E-state index contributed by atoms with van der Waals surface area (Å²) in [4.78, 5) is 12.8. The molecular formula is C12H13F2NO3. The Balaban J connectivity index is 2.37. The van der Waals surface area contributed by atoms with Crippen LogP contribution in [0, 0.1) is 11.6 Å². The van der Waals surface area contributed by atoms with Gasteiger partial charge in [-0.3, -0.25) is 9.69 Å². The van der Waals surface area contributed by atoms with Crippen LogP contribution in [-0.2, 0) is 9.53 Å². The Bertz CT molecular complexity index is 427. The Kier molecular flexibility index (Phi) is 3.88. The quantitative estimate of drug-likeness (QED) is 0.889. The van der Waals surface area contributed by atoms with Gasteiger partial charge >= 0.3 is 5.97 Å². The first kappa shape index (κ1) is 12.9. The Hall–Kier alpha value is -1.53. The normalized spacial score (nSPS) is 18.6. The number of aliphatic carboxylic acids is 1. The zero-order valence-corrected chi connectivity index (χ0v) is 9.60. The molecule has 1 aromatic rings. The monoisotopic (exact) mass is 257 g/mol. The van der Waals surface area contributed by atoms with Crippen molar-refractivity contribution in [2.75, 3.05) is 26.3 Å². The number of carbonyl (C=O) groups is 1. The van der Waals surface area contributed by atoms with Crippen LogP contribution in [0.1, 0.15) is 11.6 Å². The molecule has 4 nitrogen and oxygen atoms in total. The number of nitrogens with zero attached hydrogens (tertiary/aromatic N) is 1. The van der Waals surface area contributed by atoms with Crippen molar-refractivity contribution >= 4 is 5.97 Å². The van der Waals surface area contributed by atoms with Crippen LogP contribution in [0.2, 0.25) is 0 Å². The lowest BCUT2D eigenvalue weighted by Crippen LogP contribution is -2.42. The Morgan fingerprint density at radius 1 is 1.28 bits per heavy atom. The van der Waals surface area contributed by atoms with Crippen molar-refractivity contribution in [1.29, 1.82) is 0 Å². The van der Waals surface area contributed by atoms with Gasteiger partial charge in [0, 0.05) is 13.1 Å². The van der Waals surface area contributed by atoms with E-state index in [0.29, 0.717) is 26.3 Å². The van der Waals surface area contributed by atoms with Gasteiger partial charge in [-0.15, -0.1) is 0 Å². The molecule has 0 bridgehead atoms. The van der Waals surface area contributed by atoms with E-state index in [-0.39, 0.29) is 0 Å². The molecule has 0 unspecified atom stereocenters. The van der Waals surface area contributed by atoms with Crippen molar-refractivity contribution in [2.24, 2.45) is 0 Å². The molecule has 1 aromatic carbocycles. The number of carboxylic acids is 1. The maximum atomic E-state index is 13.7. The summed E-state index contributed by atoms with van der Waals surface area (Å²) < 4.78 is 32.4. The summed E-state index contributed by atoms with van der Waals surface area (Å²) in [7, 11) is 0. The predicted molar refractivity (Wildman–Crippen MR) is 59.1 cm³/mol. The fourth-order valence-electron chi connectivity index (χ4n) is 2.07. The summed E-state index contributed by atoms with van der Waals surface area (Å²) in [5.74, 6) is -2.94. The van der Waals surface area contributed by atoms with Gasteiger partial charge in [0.05, 0.1) is 18.8 Å². The Morgan fingerprint density at radius 2 is 1.83 bits per heavy atom. The highest BCUT2D eigenvalue weighted by atomic mass is 19.1. The SMILES string of the molecule is O=C(O)[C@@H](c1c(F)cccc1F)N1CCOCC1. The van der Waals surface area contributed by atoms with Crippen LogP contribution in [0.15, 0.2) is 18.2 Å². The smallest absolute Gasteiger partial charge is 0.325 e. The average Bonchev–Trinajstić information content (AvgIpc) is 2.34. The van der Waals surface area contributed by atoms with Crippen molar-refractivity contribution in [1.82, 2.24) is 4.90 Å². The molecule has 1 N–H and O–H groups in total. The molecule has 1 saturated heterocycles. The predicted octanol–water partition coefficient (Wildman–Crippen LogP) is 1.42. The highest BCUT2D eigenvalue weighted by molar-refractivity contribution is 5.75. The molecule has 0 amide bonds. The first-order valence-corrected chi connectivity index (χ1v) is 5.60. The van der Waals surface area contributed by atoms with Gasteiger partial charge in [-0.2, -0.15) is 0 Å². The maximum Gasteiger partial charge on any atom is 0.325 e. The Morgan fingerprint density at radius 3 is 2.33 bits per heavy atom. The third-order valence-electron chi connectivity index (χ3n) is 2.92. The van der Waals surface area contributed by atoms with Gasteiger partial charge in [-0.05, 0) is 12.1 Å². The molecule has 1 atom stereocenters. The Labute approximate surface area is 103 Å². The van der Waals surface area contributed by atoms with Crippen LogP contribution >= 0.6 is 0 Å². The average molecular weight is 257 g/mol. The van der Waals surface area contributed by atoms with E-state index in [0.717, 1.165) is 12.1 Å². The van der Waals surface area contributed by atoms with Gasteiger partial charge < -0.3 is 9.84 Å². The molecule has 6 heteroatoms. The van der Waals surface area contributed by atoms with Crippen LogP contribution < -0.4 is 0 Å². The summed E-state index contributed by atoms with van der Waals surface area (Å²) in [6.45, 7) is 1.40. The second-order valence-corrected chi connectivity index (χ2v) is 4.02. The van der Waals surface area contributed by atoms with Crippen LogP contribution in [0.25, 0.3) is 0 Å². The molecule has 0 aliphatic carbocycles. The molecule has 98 valence electrons. The number of hydrogen-bond donors (Lipinski definition) is 1. The van der Waals surface area contributed by atoms with Crippen LogP contribution in [0.5, 0.6) is 0 Å². The number of halogens is 2. The van der Waals surface area contributed by atoms with Crippen molar-refractivity contribution in [3.8, 4) is 0 Å². The van der Waals surface area contributed by atoms with Crippen LogP contribution in [-0.4, -0.2) is 42.3 Å². The number of benzene rings is 1. The highest BCUT2D eigenvalue weighted by Gasteiger charge is 2.33. The molecular weight excluding hydrogens is 244 g/mol. The minimum atomic E-state index is -1.31. The lowest BCUT2D eigenvalue weighted by atomic mass is 10.0. The molecule has 0 spiro atoms. The number of hydrogen-bond acceptors (Lipinski definition) is 3. The summed E-state index contributed by atoms with van der Waals surface area (Å²) in [5.41, 5.74) is -0.410. The summed E-state index contributed by atoms with van der Waals surface area (Å²) in [6.07, 6.45) is 0. The standard InChI is InChI=1S/C12H13F2NO3/c13-8-2-1-3-9(14)10(8)11(12(16)17)15-4-6-18-7-5-15/h1-3,11H,4-7H2,(H,16,17)/t11-/m1/s1. The lowest BCUT2D eigenvalue weighted by Gasteiger charge is -2.32. The highest BCUT2D eigenvalue weighted by Crippen LogP contribution is 2.27. The summed E-state index contributed by atoms with van der Waals surface area (Å²) >= 11 is 0. The fraction of sp³-hybridized carbons (Fsp3) is 0.417. The second kappa shape index (κ2) is 5.41. The molecule has 2 rings (SSSR count). The first-order chi connectivity index (χ1) is 8.61. The van der Waals surface area contributed by atoms with E-state index in [1.165, 1.54) is 11.0 Å².